The maximum absolute atomic E-state index is 13.1. The Hall–Kier alpha value is -4.46. The number of carbonyl (C=O) groups excluding carboxylic acids is 4. The molecule has 184 valence electrons. The highest BCUT2D eigenvalue weighted by Gasteiger charge is 2.37. The van der Waals surface area contributed by atoms with Crippen LogP contribution in [-0.2, 0) is 20.7 Å². The van der Waals surface area contributed by atoms with Gasteiger partial charge >= 0.3 is 12.0 Å². The summed E-state index contributed by atoms with van der Waals surface area (Å²) in [6, 6.07) is 16.2. The number of hydrogen-bond acceptors (Lipinski definition) is 6. The lowest BCUT2D eigenvalue weighted by Gasteiger charge is -2.26. The first kappa shape index (κ1) is 24.7. The van der Waals surface area contributed by atoms with Gasteiger partial charge in [0.05, 0.1) is 17.9 Å². The molecule has 0 saturated carbocycles. The number of nitrogens with one attached hydrogen (secondary N) is 1. The molecule has 1 saturated heterocycles. The lowest BCUT2D eigenvalue weighted by Crippen LogP contribution is -2.54. The first-order chi connectivity index (χ1) is 17.4. The van der Waals surface area contributed by atoms with E-state index in [-0.39, 0.29) is 17.3 Å². The van der Waals surface area contributed by atoms with Gasteiger partial charge in [0, 0.05) is 5.56 Å². The summed E-state index contributed by atoms with van der Waals surface area (Å²) in [7, 11) is 0. The highest BCUT2D eigenvalue weighted by atomic mass is 16.5. The lowest BCUT2D eigenvalue weighted by atomic mass is 10.1. The largest absolute Gasteiger partial charge is 0.462 e. The van der Waals surface area contributed by atoms with Crippen LogP contribution in [-0.4, -0.2) is 30.4 Å². The van der Waals surface area contributed by atoms with Gasteiger partial charge in [0.15, 0.2) is 0 Å². The van der Waals surface area contributed by atoms with Crippen LogP contribution in [0.25, 0.3) is 17.4 Å². The number of hydrogen-bond donors (Lipinski definition) is 1. The summed E-state index contributed by atoms with van der Waals surface area (Å²) in [5, 5.41) is 2.20. The number of unbranched alkanes of at least 4 members (excludes halogenated alkanes) is 1. The summed E-state index contributed by atoms with van der Waals surface area (Å²) in [6.45, 7) is 4.40. The van der Waals surface area contributed by atoms with E-state index in [1.165, 1.54) is 6.08 Å². The quantitative estimate of drug-likeness (QED) is 0.205. The molecule has 8 nitrogen and oxygen atoms in total. The topological polar surface area (TPSA) is 106 Å². The molecule has 0 spiro atoms. The number of imide groups is 2. The molecule has 4 rings (SSSR count). The summed E-state index contributed by atoms with van der Waals surface area (Å²) in [5.41, 5.74) is 2.34. The van der Waals surface area contributed by atoms with Crippen LogP contribution in [0.15, 0.2) is 70.7 Å². The first-order valence-corrected chi connectivity index (χ1v) is 11.8. The predicted octanol–water partition coefficient (Wildman–Crippen LogP) is 5.13. The fourth-order valence-electron chi connectivity index (χ4n) is 3.66. The highest BCUT2D eigenvalue weighted by Crippen LogP contribution is 2.26. The zero-order valence-electron chi connectivity index (χ0n) is 20.1. The van der Waals surface area contributed by atoms with Gasteiger partial charge in [-0.15, -0.1) is 0 Å². The molecule has 1 aliphatic rings. The van der Waals surface area contributed by atoms with Crippen molar-refractivity contribution in [2.24, 2.45) is 0 Å². The Morgan fingerprint density at radius 3 is 2.36 bits per heavy atom. The summed E-state index contributed by atoms with van der Waals surface area (Å²) >= 11 is 0. The van der Waals surface area contributed by atoms with Gasteiger partial charge in [0.25, 0.3) is 11.8 Å². The number of amides is 4. The number of barbiturate groups is 1. The monoisotopic (exact) mass is 486 g/mol. The van der Waals surface area contributed by atoms with Crippen LogP contribution in [0, 0.1) is 0 Å². The summed E-state index contributed by atoms with van der Waals surface area (Å²) in [6.07, 6.45) is 3.88. The molecule has 2 heterocycles. The number of rotatable bonds is 8. The maximum atomic E-state index is 13.1. The zero-order chi connectivity index (χ0) is 25.7. The van der Waals surface area contributed by atoms with E-state index in [1.54, 1.807) is 48.5 Å². The standard InChI is InChI=1S/C28H26N2O6/c1-3-5-16-35-27(33)20-10-8-19(9-11-20)24-15-14-22(36-24)17-23-25(31)29-28(34)30(26(23)32)21-12-6-18(4-2)7-13-21/h6-15,17H,3-5,16H2,1-2H3,(H,29,31,34)/b23-17-. The number of furan rings is 1. The normalized spacial score (nSPS) is 14.8. The van der Waals surface area contributed by atoms with Gasteiger partial charge in [-0.25, -0.2) is 14.5 Å². The van der Waals surface area contributed by atoms with E-state index in [4.69, 9.17) is 9.15 Å². The van der Waals surface area contributed by atoms with E-state index in [0.717, 1.165) is 29.7 Å². The third-order valence-corrected chi connectivity index (χ3v) is 5.75. The lowest BCUT2D eigenvalue weighted by molar-refractivity contribution is -0.122. The third-order valence-electron chi connectivity index (χ3n) is 5.75. The van der Waals surface area contributed by atoms with E-state index in [0.29, 0.717) is 29.2 Å². The van der Waals surface area contributed by atoms with Crippen LogP contribution < -0.4 is 10.2 Å². The van der Waals surface area contributed by atoms with Gasteiger partial charge in [-0.05, 0) is 60.9 Å². The number of urea groups is 1. The zero-order valence-corrected chi connectivity index (χ0v) is 20.1. The average Bonchev–Trinajstić information content (AvgIpc) is 3.36. The Morgan fingerprint density at radius 1 is 0.972 bits per heavy atom. The number of benzene rings is 2. The number of ether oxygens (including phenoxy) is 1. The number of esters is 1. The number of aryl methyl sites for hydroxylation is 1. The van der Waals surface area contributed by atoms with Crippen molar-refractivity contribution < 1.29 is 28.3 Å². The van der Waals surface area contributed by atoms with Crippen molar-refractivity contribution in [2.45, 2.75) is 33.1 Å². The highest BCUT2D eigenvalue weighted by molar-refractivity contribution is 6.39. The molecule has 1 fully saturated rings. The minimum Gasteiger partial charge on any atom is -0.462 e. The van der Waals surface area contributed by atoms with Gasteiger partial charge in [-0.2, -0.15) is 0 Å². The van der Waals surface area contributed by atoms with Crippen molar-refractivity contribution in [1.82, 2.24) is 5.32 Å². The second-order valence-electron chi connectivity index (χ2n) is 8.25. The number of anilines is 1. The molecule has 0 atom stereocenters. The van der Waals surface area contributed by atoms with Gasteiger partial charge < -0.3 is 9.15 Å². The first-order valence-electron chi connectivity index (χ1n) is 11.8. The van der Waals surface area contributed by atoms with Crippen molar-refractivity contribution in [3.05, 3.63) is 83.1 Å². The molecule has 8 heteroatoms. The minimum atomic E-state index is -0.806. The van der Waals surface area contributed by atoms with E-state index in [1.807, 2.05) is 26.0 Å². The van der Waals surface area contributed by atoms with Gasteiger partial charge in [0.2, 0.25) is 0 Å². The summed E-state index contributed by atoms with van der Waals surface area (Å²) in [5.74, 6) is -1.17. The number of carbonyl (C=O) groups is 4. The Bertz CT molecular complexity index is 1320. The third kappa shape index (κ3) is 5.27. The summed E-state index contributed by atoms with van der Waals surface area (Å²) < 4.78 is 11.0. The van der Waals surface area contributed by atoms with Crippen LogP contribution >= 0.6 is 0 Å². The number of nitrogens with zero attached hydrogens (tertiary/aromatic N) is 1. The molecule has 0 radical (unpaired) electrons. The Kier molecular flexibility index (Phi) is 7.44. The molecule has 0 aliphatic carbocycles. The van der Waals surface area contributed by atoms with Crippen molar-refractivity contribution >= 4 is 35.6 Å². The van der Waals surface area contributed by atoms with E-state index >= 15 is 0 Å². The predicted molar refractivity (Wildman–Crippen MR) is 134 cm³/mol. The summed E-state index contributed by atoms with van der Waals surface area (Å²) in [4.78, 5) is 50.9. The van der Waals surface area contributed by atoms with Crippen LogP contribution in [0.1, 0.15) is 48.4 Å². The van der Waals surface area contributed by atoms with Gasteiger partial charge in [-0.1, -0.05) is 44.5 Å². The Labute approximate surface area is 208 Å². The van der Waals surface area contributed by atoms with Crippen LogP contribution in [0.2, 0.25) is 0 Å². The Balaban J connectivity index is 1.53. The van der Waals surface area contributed by atoms with Crippen LogP contribution in [0.5, 0.6) is 0 Å². The van der Waals surface area contributed by atoms with Crippen molar-refractivity contribution in [3.63, 3.8) is 0 Å². The van der Waals surface area contributed by atoms with E-state index < -0.39 is 17.8 Å². The van der Waals surface area contributed by atoms with Gasteiger partial charge in [-0.3, -0.25) is 14.9 Å². The van der Waals surface area contributed by atoms with Crippen molar-refractivity contribution in [2.75, 3.05) is 11.5 Å². The molecular weight excluding hydrogens is 460 g/mol. The molecule has 0 unspecified atom stereocenters. The molecule has 1 aliphatic heterocycles. The average molecular weight is 487 g/mol. The smallest absolute Gasteiger partial charge is 0.338 e. The molecular formula is C28H26N2O6. The van der Waals surface area contributed by atoms with Crippen LogP contribution in [0.4, 0.5) is 10.5 Å². The van der Waals surface area contributed by atoms with E-state index in [9.17, 15) is 19.2 Å². The van der Waals surface area contributed by atoms with Gasteiger partial charge in [0.1, 0.15) is 17.1 Å². The van der Waals surface area contributed by atoms with Crippen LogP contribution in [0.3, 0.4) is 0 Å². The minimum absolute atomic E-state index is 0.222. The molecule has 36 heavy (non-hydrogen) atoms. The fraction of sp³-hybridized carbons (Fsp3) is 0.214. The molecule has 1 N–H and O–H groups in total. The SMILES string of the molecule is CCCCOC(=O)c1ccc(-c2ccc(/C=C3/C(=O)NC(=O)N(c4ccc(CC)cc4)C3=O)o2)cc1. The molecule has 3 aromatic rings. The Morgan fingerprint density at radius 2 is 1.69 bits per heavy atom. The van der Waals surface area contributed by atoms with E-state index in [2.05, 4.69) is 5.32 Å². The molecule has 2 aromatic carbocycles. The van der Waals surface area contributed by atoms with Crippen molar-refractivity contribution in [3.8, 4) is 11.3 Å². The van der Waals surface area contributed by atoms with Crippen molar-refractivity contribution in [1.29, 1.82) is 0 Å². The second-order valence-corrected chi connectivity index (χ2v) is 8.25. The second kappa shape index (κ2) is 10.9. The maximum Gasteiger partial charge on any atom is 0.338 e. The fourth-order valence-corrected chi connectivity index (χ4v) is 3.66. The molecule has 0 bridgehead atoms. The molecule has 1 aromatic heterocycles. The molecule has 4 amide bonds.